The van der Waals surface area contributed by atoms with E-state index in [9.17, 15) is 9.59 Å². The van der Waals surface area contributed by atoms with E-state index in [1.165, 1.54) is 24.4 Å². The molecule has 1 aromatic carbocycles. The summed E-state index contributed by atoms with van der Waals surface area (Å²) in [5, 5.41) is 11.5. The zero-order valence-electron chi connectivity index (χ0n) is 9.81. The summed E-state index contributed by atoms with van der Waals surface area (Å²) in [5.74, 6) is -0.465. The fraction of sp³-hybridized carbons (Fsp3) is 0. The van der Waals surface area contributed by atoms with Gasteiger partial charge in [0.15, 0.2) is 0 Å². The van der Waals surface area contributed by atoms with Crippen LogP contribution >= 0.6 is 0 Å². The summed E-state index contributed by atoms with van der Waals surface area (Å²) in [6.45, 7) is 0. The first-order valence-electron chi connectivity index (χ1n) is 5.40. The fourth-order valence-electron chi connectivity index (χ4n) is 1.54. The second-order valence-electron chi connectivity index (χ2n) is 3.81. The van der Waals surface area contributed by atoms with Crippen LogP contribution in [-0.2, 0) is 0 Å². The molecule has 4 N–H and O–H groups in total. The molecule has 1 aromatic heterocycles. The van der Waals surface area contributed by atoms with Gasteiger partial charge in [-0.3, -0.25) is 9.59 Å². The van der Waals surface area contributed by atoms with E-state index in [2.05, 4.69) is 10.3 Å². The van der Waals surface area contributed by atoms with Gasteiger partial charge >= 0.3 is 0 Å². The molecule has 0 saturated carbocycles. The maximum Gasteiger partial charge on any atom is 0.255 e. The van der Waals surface area contributed by atoms with Gasteiger partial charge in [0.2, 0.25) is 5.56 Å². The van der Waals surface area contributed by atoms with Crippen LogP contribution in [0, 0.1) is 11.3 Å². The number of aromatic nitrogens is 1. The minimum absolute atomic E-state index is 0.212. The fourth-order valence-corrected chi connectivity index (χ4v) is 1.54. The summed E-state index contributed by atoms with van der Waals surface area (Å²) >= 11 is 0. The molecule has 0 fully saturated rings. The standard InChI is InChI=1S/C13H10N4O2/c14-7-9-5-10(15)1-2-11(9)17-13(19)8-3-4-16-12(18)6-8/h1-6H,15H2,(H,16,18)(H,17,19). The lowest BCUT2D eigenvalue weighted by Crippen LogP contribution is -2.16. The van der Waals surface area contributed by atoms with Crippen LogP contribution in [0.3, 0.4) is 0 Å². The number of rotatable bonds is 2. The van der Waals surface area contributed by atoms with Crippen LogP contribution in [0.1, 0.15) is 15.9 Å². The Hall–Kier alpha value is -3.07. The van der Waals surface area contributed by atoms with Gasteiger partial charge < -0.3 is 16.0 Å². The Morgan fingerprint density at radius 1 is 1.32 bits per heavy atom. The molecule has 0 saturated heterocycles. The van der Waals surface area contributed by atoms with Crippen molar-refractivity contribution in [2.24, 2.45) is 0 Å². The number of aromatic amines is 1. The zero-order valence-corrected chi connectivity index (χ0v) is 9.81. The van der Waals surface area contributed by atoms with Gasteiger partial charge in [-0.05, 0) is 24.3 Å². The molecule has 6 heteroatoms. The largest absolute Gasteiger partial charge is 0.399 e. The molecule has 94 valence electrons. The summed E-state index contributed by atoms with van der Waals surface area (Å²) in [5.41, 5.74) is 6.45. The molecule has 2 rings (SSSR count). The van der Waals surface area contributed by atoms with Crippen molar-refractivity contribution in [1.82, 2.24) is 4.98 Å². The van der Waals surface area contributed by atoms with Crippen molar-refractivity contribution in [2.75, 3.05) is 11.1 Å². The van der Waals surface area contributed by atoms with Crippen LogP contribution in [0.4, 0.5) is 11.4 Å². The molecule has 0 radical (unpaired) electrons. The van der Waals surface area contributed by atoms with Crippen molar-refractivity contribution >= 4 is 17.3 Å². The SMILES string of the molecule is N#Cc1cc(N)ccc1NC(=O)c1cc[nH]c(=O)c1. The number of amides is 1. The number of nitrogens with zero attached hydrogens (tertiary/aromatic N) is 1. The lowest BCUT2D eigenvalue weighted by atomic mass is 10.1. The van der Waals surface area contributed by atoms with Gasteiger partial charge in [0.05, 0.1) is 11.3 Å². The molecule has 19 heavy (non-hydrogen) atoms. The maximum absolute atomic E-state index is 11.9. The molecule has 0 unspecified atom stereocenters. The number of pyridine rings is 1. The number of nitriles is 1. The van der Waals surface area contributed by atoms with Crippen molar-refractivity contribution < 1.29 is 4.79 Å². The van der Waals surface area contributed by atoms with Gasteiger partial charge in [0.1, 0.15) is 6.07 Å². The summed E-state index contributed by atoms with van der Waals surface area (Å²) in [6.07, 6.45) is 1.38. The van der Waals surface area contributed by atoms with Crippen LogP contribution in [0.2, 0.25) is 0 Å². The number of nitrogens with one attached hydrogen (secondary N) is 2. The molecule has 0 bridgehead atoms. The lowest BCUT2D eigenvalue weighted by molar-refractivity contribution is 0.102. The van der Waals surface area contributed by atoms with Crippen molar-refractivity contribution in [1.29, 1.82) is 5.26 Å². The third-order valence-corrected chi connectivity index (χ3v) is 2.45. The molecule has 1 heterocycles. The first kappa shape index (κ1) is 12.4. The van der Waals surface area contributed by atoms with Crippen LogP contribution < -0.4 is 16.6 Å². The first-order chi connectivity index (χ1) is 9.10. The number of nitrogen functional groups attached to an aromatic ring is 1. The number of nitrogens with two attached hydrogens (primary N) is 1. The Balaban J connectivity index is 2.30. The third kappa shape index (κ3) is 2.79. The molecule has 0 aliphatic carbocycles. The smallest absolute Gasteiger partial charge is 0.255 e. The number of anilines is 2. The molecule has 6 nitrogen and oxygen atoms in total. The topological polar surface area (TPSA) is 112 Å². The predicted octanol–water partition coefficient (Wildman–Crippen LogP) is 1.08. The molecule has 1 amide bonds. The Kier molecular flexibility index (Phi) is 3.30. The van der Waals surface area contributed by atoms with Gasteiger partial charge in [-0.15, -0.1) is 0 Å². The molecular weight excluding hydrogens is 244 g/mol. The van der Waals surface area contributed by atoms with Gasteiger partial charge in [0, 0.05) is 23.5 Å². The summed E-state index contributed by atoms with van der Waals surface area (Å²) in [7, 11) is 0. The predicted molar refractivity (Wildman–Crippen MR) is 70.6 cm³/mol. The Morgan fingerprint density at radius 3 is 2.79 bits per heavy atom. The monoisotopic (exact) mass is 254 g/mol. The van der Waals surface area contributed by atoms with Gasteiger partial charge in [-0.1, -0.05) is 0 Å². The Labute approximate surface area is 108 Å². The van der Waals surface area contributed by atoms with Crippen LogP contribution in [0.5, 0.6) is 0 Å². The second kappa shape index (κ2) is 5.06. The highest BCUT2D eigenvalue weighted by molar-refractivity contribution is 6.04. The molecule has 0 spiro atoms. The van der Waals surface area contributed by atoms with E-state index < -0.39 is 5.91 Å². The van der Waals surface area contributed by atoms with E-state index in [4.69, 9.17) is 11.0 Å². The molecule has 0 aliphatic rings. The second-order valence-corrected chi connectivity index (χ2v) is 3.81. The average molecular weight is 254 g/mol. The Bertz CT molecular complexity index is 728. The van der Waals surface area contributed by atoms with E-state index in [1.54, 1.807) is 12.1 Å². The number of carbonyl (C=O) groups excluding carboxylic acids is 1. The quantitative estimate of drug-likeness (QED) is 0.696. The molecule has 2 aromatic rings. The first-order valence-corrected chi connectivity index (χ1v) is 5.40. The normalized spacial score (nSPS) is 9.63. The van der Waals surface area contributed by atoms with Gasteiger partial charge in [0.25, 0.3) is 5.91 Å². The van der Waals surface area contributed by atoms with Crippen molar-refractivity contribution in [3.8, 4) is 6.07 Å². The molecular formula is C13H10N4O2. The highest BCUT2D eigenvalue weighted by atomic mass is 16.2. The van der Waals surface area contributed by atoms with E-state index in [1.807, 2.05) is 6.07 Å². The summed E-state index contributed by atoms with van der Waals surface area (Å²) in [6, 6.07) is 9.18. The van der Waals surface area contributed by atoms with E-state index in [-0.39, 0.29) is 16.7 Å². The van der Waals surface area contributed by atoms with Crippen molar-refractivity contribution in [2.45, 2.75) is 0 Å². The van der Waals surface area contributed by atoms with Crippen LogP contribution in [-0.4, -0.2) is 10.9 Å². The van der Waals surface area contributed by atoms with E-state index in [0.717, 1.165) is 0 Å². The average Bonchev–Trinajstić information content (AvgIpc) is 2.40. The zero-order chi connectivity index (χ0) is 13.8. The van der Waals surface area contributed by atoms with Gasteiger partial charge in [-0.2, -0.15) is 5.26 Å². The van der Waals surface area contributed by atoms with Crippen LogP contribution in [0.15, 0.2) is 41.3 Å². The summed E-state index contributed by atoms with van der Waals surface area (Å²) < 4.78 is 0. The number of benzene rings is 1. The minimum Gasteiger partial charge on any atom is -0.399 e. The number of hydrogen-bond donors (Lipinski definition) is 3. The van der Waals surface area contributed by atoms with Crippen LogP contribution in [0.25, 0.3) is 0 Å². The number of hydrogen-bond acceptors (Lipinski definition) is 4. The van der Waals surface area contributed by atoms with Crippen molar-refractivity contribution in [3.05, 3.63) is 58.0 Å². The minimum atomic E-state index is -0.465. The summed E-state index contributed by atoms with van der Waals surface area (Å²) in [4.78, 5) is 25.4. The van der Waals surface area contributed by atoms with Crippen molar-refractivity contribution in [3.63, 3.8) is 0 Å². The van der Waals surface area contributed by atoms with E-state index >= 15 is 0 Å². The molecule has 0 atom stereocenters. The molecule has 0 aliphatic heterocycles. The highest BCUT2D eigenvalue weighted by Crippen LogP contribution is 2.18. The number of carbonyl (C=O) groups is 1. The Morgan fingerprint density at radius 2 is 2.11 bits per heavy atom. The number of H-pyrrole nitrogens is 1. The highest BCUT2D eigenvalue weighted by Gasteiger charge is 2.09. The lowest BCUT2D eigenvalue weighted by Gasteiger charge is -2.07. The third-order valence-electron chi connectivity index (χ3n) is 2.45. The maximum atomic E-state index is 11.9. The van der Waals surface area contributed by atoms with Gasteiger partial charge in [-0.25, -0.2) is 0 Å². The van der Waals surface area contributed by atoms with E-state index in [0.29, 0.717) is 11.4 Å².